The Balaban J connectivity index is 1.72. The highest BCUT2D eigenvalue weighted by molar-refractivity contribution is 5.58. The first-order valence-electron chi connectivity index (χ1n) is 7.66. The summed E-state index contributed by atoms with van der Waals surface area (Å²) in [7, 11) is 0. The molecule has 1 atom stereocenters. The Morgan fingerprint density at radius 3 is 2.67 bits per heavy atom. The Kier molecular flexibility index (Phi) is 3.95. The van der Waals surface area contributed by atoms with E-state index in [4.69, 9.17) is 15.2 Å². The number of hydrogen-bond donors (Lipinski definition) is 2. The van der Waals surface area contributed by atoms with Gasteiger partial charge in [0.1, 0.15) is 13.2 Å². The molecule has 0 amide bonds. The van der Waals surface area contributed by atoms with E-state index >= 15 is 0 Å². The van der Waals surface area contributed by atoms with Crippen LogP contribution in [-0.4, -0.2) is 41.9 Å². The van der Waals surface area contributed by atoms with Crippen molar-refractivity contribution in [1.29, 1.82) is 0 Å². The van der Waals surface area contributed by atoms with E-state index in [2.05, 4.69) is 4.90 Å². The number of anilines is 1. The average molecular weight is 292 g/mol. The molecule has 0 spiro atoms. The molecule has 3 rings (SSSR count). The highest BCUT2D eigenvalue weighted by atomic mass is 16.6. The number of benzene rings is 1. The molecule has 2 heterocycles. The molecule has 1 aromatic carbocycles. The van der Waals surface area contributed by atoms with Crippen LogP contribution in [0.1, 0.15) is 31.7 Å². The number of ether oxygens (including phenoxy) is 2. The first-order chi connectivity index (χ1) is 10.0. The van der Waals surface area contributed by atoms with E-state index in [0.29, 0.717) is 13.2 Å². The molecule has 0 aromatic heterocycles. The van der Waals surface area contributed by atoms with Gasteiger partial charge in [-0.25, -0.2) is 0 Å². The minimum absolute atomic E-state index is 0.535. The molecule has 1 fully saturated rings. The van der Waals surface area contributed by atoms with Crippen molar-refractivity contribution >= 4 is 5.69 Å². The summed E-state index contributed by atoms with van der Waals surface area (Å²) in [6.07, 6.45) is 2.68. The molecular weight excluding hydrogens is 268 g/mol. The van der Waals surface area contributed by atoms with E-state index in [9.17, 15) is 5.11 Å². The van der Waals surface area contributed by atoms with Crippen LogP contribution in [0.25, 0.3) is 0 Å². The molecule has 2 aliphatic heterocycles. The topological polar surface area (TPSA) is 68.0 Å². The van der Waals surface area contributed by atoms with Gasteiger partial charge in [0, 0.05) is 24.8 Å². The third-order valence-corrected chi connectivity index (χ3v) is 4.35. The molecule has 1 saturated heterocycles. The van der Waals surface area contributed by atoms with Crippen LogP contribution < -0.4 is 15.2 Å². The molecule has 21 heavy (non-hydrogen) atoms. The van der Waals surface area contributed by atoms with Crippen LogP contribution in [0.5, 0.6) is 11.5 Å². The number of fused-ring (bicyclic) bond motifs is 1. The van der Waals surface area contributed by atoms with Gasteiger partial charge in [-0.15, -0.1) is 0 Å². The molecule has 0 aliphatic carbocycles. The van der Waals surface area contributed by atoms with E-state index in [1.54, 1.807) is 0 Å². The highest BCUT2D eigenvalue weighted by Gasteiger charge is 2.25. The predicted molar refractivity (Wildman–Crippen MR) is 81.6 cm³/mol. The van der Waals surface area contributed by atoms with Gasteiger partial charge in [-0.05, 0) is 44.4 Å². The molecular formula is C16H24N2O3. The smallest absolute Gasteiger partial charge is 0.163 e. The van der Waals surface area contributed by atoms with Crippen LogP contribution in [0.2, 0.25) is 0 Å². The summed E-state index contributed by atoms with van der Waals surface area (Å²) < 4.78 is 11.2. The lowest BCUT2D eigenvalue weighted by atomic mass is 9.98. The number of nitrogen functional groups attached to an aromatic ring is 1. The van der Waals surface area contributed by atoms with Crippen molar-refractivity contribution in [2.24, 2.45) is 0 Å². The Morgan fingerprint density at radius 1 is 1.19 bits per heavy atom. The van der Waals surface area contributed by atoms with Crippen molar-refractivity contribution in [2.45, 2.75) is 38.3 Å². The second kappa shape index (κ2) is 5.73. The van der Waals surface area contributed by atoms with Crippen molar-refractivity contribution in [3.63, 3.8) is 0 Å². The third kappa shape index (κ3) is 3.41. The maximum Gasteiger partial charge on any atom is 0.163 e. The van der Waals surface area contributed by atoms with Gasteiger partial charge in [-0.1, -0.05) is 0 Å². The predicted octanol–water partition coefficient (Wildman–Crippen LogP) is 1.78. The van der Waals surface area contributed by atoms with Crippen molar-refractivity contribution in [1.82, 2.24) is 4.90 Å². The van der Waals surface area contributed by atoms with Gasteiger partial charge in [0.15, 0.2) is 11.5 Å². The maximum atomic E-state index is 10.2. The fourth-order valence-electron chi connectivity index (χ4n) is 3.00. The van der Waals surface area contributed by atoms with Gasteiger partial charge >= 0.3 is 0 Å². The minimum Gasteiger partial charge on any atom is -0.486 e. The van der Waals surface area contributed by atoms with Gasteiger partial charge in [-0.2, -0.15) is 0 Å². The van der Waals surface area contributed by atoms with Gasteiger partial charge in [0.05, 0.1) is 5.60 Å². The Bertz CT molecular complexity index is 516. The number of nitrogens with zero attached hydrogens (tertiary/aromatic N) is 1. The second-order valence-corrected chi connectivity index (χ2v) is 6.32. The van der Waals surface area contributed by atoms with Crippen LogP contribution in [0.15, 0.2) is 12.1 Å². The molecule has 0 radical (unpaired) electrons. The van der Waals surface area contributed by atoms with Crippen LogP contribution in [-0.2, 0) is 6.54 Å². The second-order valence-electron chi connectivity index (χ2n) is 6.32. The number of likely N-dealkylation sites (tertiary alicyclic amines) is 1. The maximum absolute atomic E-state index is 10.2. The van der Waals surface area contributed by atoms with Gasteiger partial charge < -0.3 is 20.3 Å². The SMILES string of the molecule is CC1(O)CCCN(Cc2cc3c(cc2N)OCCO3)CC1. The summed E-state index contributed by atoms with van der Waals surface area (Å²) in [5.41, 5.74) is 7.42. The van der Waals surface area contributed by atoms with Crippen molar-refractivity contribution in [3.8, 4) is 11.5 Å². The Labute approximate surface area is 125 Å². The summed E-state index contributed by atoms with van der Waals surface area (Å²) in [5, 5.41) is 10.2. The summed E-state index contributed by atoms with van der Waals surface area (Å²) in [6, 6.07) is 3.85. The lowest BCUT2D eigenvalue weighted by Gasteiger charge is -2.24. The zero-order valence-electron chi connectivity index (χ0n) is 12.6. The monoisotopic (exact) mass is 292 g/mol. The number of nitrogens with two attached hydrogens (primary N) is 1. The standard InChI is InChI=1S/C16H24N2O3/c1-16(19)3-2-5-18(6-4-16)11-12-9-14-15(10-13(12)17)21-8-7-20-14/h9-10,19H,2-8,11,17H2,1H3. The van der Waals surface area contributed by atoms with Crippen molar-refractivity contribution < 1.29 is 14.6 Å². The fraction of sp³-hybridized carbons (Fsp3) is 0.625. The molecule has 2 aliphatic rings. The van der Waals surface area contributed by atoms with Gasteiger partial charge in [0.25, 0.3) is 0 Å². The van der Waals surface area contributed by atoms with Crippen LogP contribution in [0.4, 0.5) is 5.69 Å². The lowest BCUT2D eigenvalue weighted by Crippen LogP contribution is -2.28. The first-order valence-corrected chi connectivity index (χ1v) is 7.66. The molecule has 116 valence electrons. The zero-order chi connectivity index (χ0) is 14.9. The van der Waals surface area contributed by atoms with Crippen LogP contribution in [0, 0.1) is 0 Å². The zero-order valence-corrected chi connectivity index (χ0v) is 12.6. The normalized spacial score (nSPS) is 26.4. The highest BCUT2D eigenvalue weighted by Crippen LogP contribution is 2.35. The summed E-state index contributed by atoms with van der Waals surface area (Å²) in [4.78, 5) is 2.35. The summed E-state index contributed by atoms with van der Waals surface area (Å²) >= 11 is 0. The quantitative estimate of drug-likeness (QED) is 0.813. The van der Waals surface area contributed by atoms with E-state index in [1.165, 1.54) is 0 Å². The lowest BCUT2D eigenvalue weighted by molar-refractivity contribution is 0.0444. The molecule has 0 bridgehead atoms. The van der Waals surface area contributed by atoms with Crippen molar-refractivity contribution in [3.05, 3.63) is 17.7 Å². The Morgan fingerprint density at radius 2 is 1.90 bits per heavy atom. The largest absolute Gasteiger partial charge is 0.486 e. The first kappa shape index (κ1) is 14.5. The third-order valence-electron chi connectivity index (χ3n) is 4.35. The Hall–Kier alpha value is -1.46. The minimum atomic E-state index is -0.535. The average Bonchev–Trinajstić information content (AvgIpc) is 2.61. The molecule has 3 N–H and O–H groups in total. The summed E-state index contributed by atoms with van der Waals surface area (Å²) in [6.45, 7) is 5.76. The number of rotatable bonds is 2. The van der Waals surface area contributed by atoms with Crippen LogP contribution >= 0.6 is 0 Å². The molecule has 5 nitrogen and oxygen atoms in total. The molecule has 5 heteroatoms. The van der Waals surface area contributed by atoms with Gasteiger partial charge in [0.2, 0.25) is 0 Å². The van der Waals surface area contributed by atoms with E-state index < -0.39 is 5.60 Å². The molecule has 0 saturated carbocycles. The van der Waals surface area contributed by atoms with Crippen LogP contribution in [0.3, 0.4) is 0 Å². The molecule has 1 aromatic rings. The van der Waals surface area contributed by atoms with E-state index in [1.807, 2.05) is 19.1 Å². The number of hydrogen-bond acceptors (Lipinski definition) is 5. The van der Waals surface area contributed by atoms with Crippen molar-refractivity contribution in [2.75, 3.05) is 32.0 Å². The fourth-order valence-corrected chi connectivity index (χ4v) is 3.00. The van der Waals surface area contributed by atoms with Gasteiger partial charge in [-0.3, -0.25) is 4.90 Å². The number of aliphatic hydroxyl groups is 1. The van der Waals surface area contributed by atoms with E-state index in [-0.39, 0.29) is 0 Å². The molecule has 1 unspecified atom stereocenters. The van der Waals surface area contributed by atoms with E-state index in [0.717, 1.165) is 61.6 Å². The summed E-state index contributed by atoms with van der Waals surface area (Å²) in [5.74, 6) is 1.52.